The molecule has 0 aromatic carbocycles. The van der Waals surface area contributed by atoms with Crippen molar-refractivity contribution in [1.82, 2.24) is 10.6 Å². The van der Waals surface area contributed by atoms with Gasteiger partial charge in [-0.1, -0.05) is 0 Å². The molecule has 1 aromatic heterocycles. The van der Waals surface area contributed by atoms with Crippen LogP contribution in [0.15, 0.2) is 16.8 Å². The fourth-order valence-corrected chi connectivity index (χ4v) is 2.73. The third-order valence-electron chi connectivity index (χ3n) is 2.94. The van der Waals surface area contributed by atoms with Crippen molar-refractivity contribution in [3.05, 3.63) is 22.4 Å². The van der Waals surface area contributed by atoms with Gasteiger partial charge in [0, 0.05) is 12.6 Å². The van der Waals surface area contributed by atoms with Crippen molar-refractivity contribution in [2.45, 2.75) is 25.8 Å². The molecule has 1 aliphatic rings. The fourth-order valence-electron chi connectivity index (χ4n) is 2.05. The van der Waals surface area contributed by atoms with E-state index in [0.717, 1.165) is 25.9 Å². The molecule has 88 valence electrons. The average Bonchev–Trinajstić information content (AvgIpc) is 2.88. The molecule has 1 amide bonds. The molecule has 0 saturated carbocycles. The molecule has 0 radical (unpaired) electrons. The van der Waals surface area contributed by atoms with Crippen LogP contribution < -0.4 is 10.6 Å². The van der Waals surface area contributed by atoms with Gasteiger partial charge in [-0.05, 0) is 48.7 Å². The Kier molecular flexibility index (Phi) is 3.96. The Morgan fingerprint density at radius 1 is 1.75 bits per heavy atom. The van der Waals surface area contributed by atoms with Crippen LogP contribution in [0.1, 0.15) is 18.9 Å². The summed E-state index contributed by atoms with van der Waals surface area (Å²) in [5.41, 5.74) is 1.31. The summed E-state index contributed by atoms with van der Waals surface area (Å²) >= 11 is 1.70. The van der Waals surface area contributed by atoms with E-state index in [9.17, 15) is 4.79 Å². The minimum absolute atomic E-state index is 0.171. The van der Waals surface area contributed by atoms with Crippen LogP contribution >= 0.6 is 11.3 Å². The Bertz CT molecular complexity index is 331. The van der Waals surface area contributed by atoms with E-state index < -0.39 is 0 Å². The van der Waals surface area contributed by atoms with Crippen molar-refractivity contribution in [3.8, 4) is 0 Å². The molecule has 2 rings (SSSR count). The molecule has 2 heterocycles. The van der Waals surface area contributed by atoms with Gasteiger partial charge in [-0.25, -0.2) is 0 Å². The zero-order chi connectivity index (χ0) is 11.4. The minimum Gasteiger partial charge on any atom is -0.353 e. The van der Waals surface area contributed by atoms with Crippen molar-refractivity contribution >= 4 is 17.2 Å². The lowest BCUT2D eigenvalue weighted by molar-refractivity contribution is -0.125. The van der Waals surface area contributed by atoms with Gasteiger partial charge >= 0.3 is 0 Å². The first-order chi connectivity index (χ1) is 7.75. The summed E-state index contributed by atoms with van der Waals surface area (Å²) < 4.78 is 0. The first kappa shape index (κ1) is 11.6. The predicted molar refractivity (Wildman–Crippen MR) is 66.6 cm³/mol. The van der Waals surface area contributed by atoms with E-state index in [-0.39, 0.29) is 17.9 Å². The van der Waals surface area contributed by atoms with Gasteiger partial charge in [0.05, 0.1) is 5.92 Å². The van der Waals surface area contributed by atoms with Crippen LogP contribution in [-0.2, 0) is 11.2 Å². The van der Waals surface area contributed by atoms with Crippen LogP contribution in [0.3, 0.4) is 0 Å². The summed E-state index contributed by atoms with van der Waals surface area (Å²) in [4.78, 5) is 11.8. The van der Waals surface area contributed by atoms with Gasteiger partial charge in [0.1, 0.15) is 0 Å². The van der Waals surface area contributed by atoms with Gasteiger partial charge in [0.25, 0.3) is 0 Å². The number of thiophene rings is 1. The number of carbonyl (C=O) groups excluding carboxylic acids is 1. The number of rotatable bonds is 4. The first-order valence-electron chi connectivity index (χ1n) is 5.78. The first-order valence-corrected chi connectivity index (χ1v) is 6.72. The van der Waals surface area contributed by atoms with Gasteiger partial charge in [0.15, 0.2) is 0 Å². The van der Waals surface area contributed by atoms with Crippen LogP contribution in [0.5, 0.6) is 0 Å². The number of amides is 1. The quantitative estimate of drug-likeness (QED) is 0.832. The highest BCUT2D eigenvalue weighted by Crippen LogP contribution is 2.11. The topological polar surface area (TPSA) is 41.1 Å². The molecule has 2 N–H and O–H groups in total. The molecule has 0 bridgehead atoms. The number of hydrogen-bond acceptors (Lipinski definition) is 3. The van der Waals surface area contributed by atoms with Crippen molar-refractivity contribution < 1.29 is 4.79 Å². The average molecular weight is 238 g/mol. The molecule has 0 spiro atoms. The van der Waals surface area contributed by atoms with E-state index in [2.05, 4.69) is 34.4 Å². The second kappa shape index (κ2) is 5.46. The third-order valence-corrected chi connectivity index (χ3v) is 3.67. The fraction of sp³-hybridized carbons (Fsp3) is 0.583. The van der Waals surface area contributed by atoms with Crippen LogP contribution in [0, 0.1) is 5.92 Å². The van der Waals surface area contributed by atoms with Crippen molar-refractivity contribution in [2.75, 3.05) is 13.1 Å². The minimum atomic E-state index is 0.171. The summed E-state index contributed by atoms with van der Waals surface area (Å²) in [7, 11) is 0. The maximum Gasteiger partial charge on any atom is 0.224 e. The maximum atomic E-state index is 11.8. The van der Waals surface area contributed by atoms with E-state index in [1.165, 1.54) is 5.56 Å². The zero-order valence-electron chi connectivity index (χ0n) is 9.53. The van der Waals surface area contributed by atoms with Crippen LogP contribution in [-0.4, -0.2) is 25.0 Å². The molecule has 1 aliphatic heterocycles. The van der Waals surface area contributed by atoms with E-state index in [1.54, 1.807) is 11.3 Å². The SMILES string of the molecule is CC(Cc1ccsc1)NC(=O)C1CCNC1. The molecule has 1 saturated heterocycles. The predicted octanol–water partition coefficient (Wildman–Crippen LogP) is 1.40. The van der Waals surface area contributed by atoms with Gasteiger partial charge in [-0.2, -0.15) is 11.3 Å². The lowest BCUT2D eigenvalue weighted by Gasteiger charge is -2.16. The Balaban J connectivity index is 1.78. The van der Waals surface area contributed by atoms with E-state index in [1.807, 2.05) is 0 Å². The van der Waals surface area contributed by atoms with Crippen molar-refractivity contribution in [1.29, 1.82) is 0 Å². The van der Waals surface area contributed by atoms with Gasteiger partial charge in [-0.3, -0.25) is 4.79 Å². The number of nitrogens with one attached hydrogen (secondary N) is 2. The molecule has 16 heavy (non-hydrogen) atoms. The normalized spacial score (nSPS) is 21.9. The lowest BCUT2D eigenvalue weighted by Crippen LogP contribution is -2.39. The standard InChI is InChI=1S/C12H18N2OS/c1-9(6-10-3-5-16-8-10)14-12(15)11-2-4-13-7-11/h3,5,8-9,11,13H,2,4,6-7H2,1H3,(H,14,15). The van der Waals surface area contributed by atoms with E-state index in [0.29, 0.717) is 0 Å². The molecule has 2 unspecified atom stereocenters. The van der Waals surface area contributed by atoms with Crippen LogP contribution in [0.4, 0.5) is 0 Å². The lowest BCUT2D eigenvalue weighted by atomic mass is 10.1. The van der Waals surface area contributed by atoms with E-state index >= 15 is 0 Å². The number of hydrogen-bond donors (Lipinski definition) is 2. The summed E-state index contributed by atoms with van der Waals surface area (Å²) in [5, 5.41) is 10.5. The van der Waals surface area contributed by atoms with Crippen LogP contribution in [0.2, 0.25) is 0 Å². The molecular formula is C12H18N2OS. The highest BCUT2D eigenvalue weighted by Gasteiger charge is 2.23. The molecule has 1 aromatic rings. The van der Waals surface area contributed by atoms with Gasteiger partial charge in [0.2, 0.25) is 5.91 Å². The Morgan fingerprint density at radius 2 is 2.62 bits per heavy atom. The second-order valence-corrected chi connectivity index (χ2v) is 5.22. The summed E-state index contributed by atoms with van der Waals surface area (Å²) in [6, 6.07) is 2.34. The molecule has 4 heteroatoms. The molecule has 3 nitrogen and oxygen atoms in total. The monoisotopic (exact) mass is 238 g/mol. The highest BCUT2D eigenvalue weighted by molar-refractivity contribution is 7.07. The highest BCUT2D eigenvalue weighted by atomic mass is 32.1. The Labute approximate surface area is 100 Å². The summed E-state index contributed by atoms with van der Waals surface area (Å²) in [6.45, 7) is 3.87. The molecular weight excluding hydrogens is 220 g/mol. The summed E-state index contributed by atoms with van der Waals surface area (Å²) in [5.74, 6) is 0.373. The van der Waals surface area contributed by atoms with E-state index in [4.69, 9.17) is 0 Å². The Hall–Kier alpha value is -0.870. The van der Waals surface area contributed by atoms with Crippen molar-refractivity contribution in [2.24, 2.45) is 5.92 Å². The van der Waals surface area contributed by atoms with Gasteiger partial charge in [-0.15, -0.1) is 0 Å². The smallest absolute Gasteiger partial charge is 0.224 e. The maximum absolute atomic E-state index is 11.8. The van der Waals surface area contributed by atoms with Crippen molar-refractivity contribution in [3.63, 3.8) is 0 Å². The zero-order valence-corrected chi connectivity index (χ0v) is 10.3. The van der Waals surface area contributed by atoms with Gasteiger partial charge < -0.3 is 10.6 Å². The largest absolute Gasteiger partial charge is 0.353 e. The van der Waals surface area contributed by atoms with Crippen LogP contribution in [0.25, 0.3) is 0 Å². The Morgan fingerprint density at radius 3 is 3.25 bits per heavy atom. The molecule has 0 aliphatic carbocycles. The molecule has 2 atom stereocenters. The third kappa shape index (κ3) is 3.06. The molecule has 1 fully saturated rings. The summed E-state index contributed by atoms with van der Waals surface area (Å²) in [6.07, 6.45) is 1.90. The second-order valence-electron chi connectivity index (χ2n) is 4.44. The number of carbonyl (C=O) groups is 1.